The van der Waals surface area contributed by atoms with E-state index in [4.69, 9.17) is 9.47 Å². The van der Waals surface area contributed by atoms with Crippen LogP contribution in [0.3, 0.4) is 0 Å². The van der Waals surface area contributed by atoms with Crippen LogP contribution in [0.25, 0.3) is 0 Å². The van der Waals surface area contributed by atoms with Crippen LogP contribution in [-0.4, -0.2) is 24.6 Å². The first kappa shape index (κ1) is 24.0. The lowest BCUT2D eigenvalue weighted by atomic mass is 10.0. The highest BCUT2D eigenvalue weighted by molar-refractivity contribution is 5.70. The third-order valence-corrected chi connectivity index (χ3v) is 5.32. The normalized spacial score (nSPS) is 25.0. The molecule has 1 atom stereocenters. The molecule has 0 amide bonds. The Morgan fingerprint density at radius 1 is 0.556 bits per heavy atom. The topological polar surface area (TPSA) is 52.6 Å². The van der Waals surface area contributed by atoms with Crippen LogP contribution in [-0.2, 0) is 19.1 Å². The lowest BCUT2D eigenvalue weighted by Gasteiger charge is -2.13. The van der Waals surface area contributed by atoms with Crippen LogP contribution in [0.4, 0.5) is 0 Å². The first-order valence-corrected chi connectivity index (χ1v) is 11.5. The van der Waals surface area contributed by atoms with Gasteiger partial charge in [0.05, 0.1) is 0 Å². The first-order chi connectivity index (χ1) is 13.2. The average molecular weight is 383 g/mol. The van der Waals surface area contributed by atoms with Gasteiger partial charge in [-0.15, -0.1) is 0 Å². The third kappa shape index (κ3) is 15.7. The number of hydrogen-bond donors (Lipinski definition) is 0. The van der Waals surface area contributed by atoms with Crippen molar-refractivity contribution in [3.05, 3.63) is 0 Å². The molecule has 0 bridgehead atoms. The standard InChI is InChI=1S/C23H42O4/c1-21-20-26-22(24)18-16-14-12-10-8-6-4-2-3-5-7-9-11-13-15-17-19-23(25)27-21/h21H,2-20H2,1H3. The summed E-state index contributed by atoms with van der Waals surface area (Å²) in [6.07, 6.45) is 20.4. The van der Waals surface area contributed by atoms with Gasteiger partial charge >= 0.3 is 11.9 Å². The predicted molar refractivity (Wildman–Crippen MR) is 110 cm³/mol. The Morgan fingerprint density at radius 2 is 0.889 bits per heavy atom. The molecule has 0 radical (unpaired) electrons. The molecule has 1 rings (SSSR count). The molecule has 1 aliphatic heterocycles. The number of ether oxygens (including phenoxy) is 2. The van der Waals surface area contributed by atoms with E-state index < -0.39 is 0 Å². The molecule has 0 spiro atoms. The van der Waals surface area contributed by atoms with Gasteiger partial charge in [-0.2, -0.15) is 0 Å². The summed E-state index contributed by atoms with van der Waals surface area (Å²) in [5.41, 5.74) is 0. The van der Waals surface area contributed by atoms with Crippen molar-refractivity contribution in [1.29, 1.82) is 0 Å². The highest BCUT2D eigenvalue weighted by atomic mass is 16.6. The monoisotopic (exact) mass is 382 g/mol. The van der Waals surface area contributed by atoms with Gasteiger partial charge in [0.2, 0.25) is 0 Å². The molecule has 158 valence electrons. The van der Waals surface area contributed by atoms with Crippen LogP contribution in [0.1, 0.15) is 122 Å². The lowest BCUT2D eigenvalue weighted by molar-refractivity contribution is -0.158. The maximum absolute atomic E-state index is 11.8. The molecule has 0 saturated carbocycles. The van der Waals surface area contributed by atoms with Crippen molar-refractivity contribution < 1.29 is 19.1 Å². The number of rotatable bonds is 0. The van der Waals surface area contributed by atoms with E-state index >= 15 is 0 Å². The molecular weight excluding hydrogens is 340 g/mol. The van der Waals surface area contributed by atoms with Gasteiger partial charge in [-0.3, -0.25) is 9.59 Å². The zero-order valence-electron chi connectivity index (χ0n) is 17.6. The lowest BCUT2D eigenvalue weighted by Crippen LogP contribution is -2.22. The van der Waals surface area contributed by atoms with Crippen molar-refractivity contribution in [2.24, 2.45) is 0 Å². The maximum atomic E-state index is 11.8. The van der Waals surface area contributed by atoms with Gasteiger partial charge < -0.3 is 9.47 Å². The molecule has 1 saturated heterocycles. The van der Waals surface area contributed by atoms with Crippen LogP contribution in [0.2, 0.25) is 0 Å². The van der Waals surface area contributed by atoms with Gasteiger partial charge in [0.25, 0.3) is 0 Å². The van der Waals surface area contributed by atoms with Gasteiger partial charge in [-0.1, -0.05) is 89.9 Å². The molecular formula is C23H42O4. The minimum absolute atomic E-state index is 0.171. The SMILES string of the molecule is CC1COC(=O)CCCCCCCCCCCCCCCCCCC(=O)O1. The highest BCUT2D eigenvalue weighted by Gasteiger charge is 2.12. The molecule has 0 N–H and O–H groups in total. The van der Waals surface area contributed by atoms with E-state index in [-0.39, 0.29) is 24.6 Å². The van der Waals surface area contributed by atoms with E-state index in [0.29, 0.717) is 12.8 Å². The van der Waals surface area contributed by atoms with Crippen LogP contribution in [0.5, 0.6) is 0 Å². The fourth-order valence-electron chi connectivity index (χ4n) is 3.61. The number of carbonyl (C=O) groups is 2. The summed E-state index contributed by atoms with van der Waals surface area (Å²) in [6.45, 7) is 1.96. The molecule has 4 nitrogen and oxygen atoms in total. The molecule has 27 heavy (non-hydrogen) atoms. The zero-order chi connectivity index (χ0) is 19.6. The molecule has 0 aliphatic carbocycles. The third-order valence-electron chi connectivity index (χ3n) is 5.32. The summed E-state index contributed by atoms with van der Waals surface area (Å²) in [7, 11) is 0. The van der Waals surface area contributed by atoms with Crippen LogP contribution in [0.15, 0.2) is 0 Å². The average Bonchev–Trinajstić information content (AvgIpc) is 2.64. The Balaban J connectivity index is 2.23. The second-order valence-electron chi connectivity index (χ2n) is 8.14. The summed E-state index contributed by atoms with van der Waals surface area (Å²) in [4.78, 5) is 23.6. The largest absolute Gasteiger partial charge is 0.462 e. The second kappa shape index (κ2) is 17.1. The molecule has 0 aromatic carbocycles. The number of hydrogen-bond acceptors (Lipinski definition) is 4. The number of esters is 2. The molecule has 1 fully saturated rings. The van der Waals surface area contributed by atoms with Crippen molar-refractivity contribution in [2.45, 2.75) is 129 Å². The summed E-state index contributed by atoms with van der Waals surface area (Å²) in [5.74, 6) is -0.347. The van der Waals surface area contributed by atoms with E-state index in [1.165, 1.54) is 77.0 Å². The first-order valence-electron chi connectivity index (χ1n) is 11.5. The van der Waals surface area contributed by atoms with Crippen molar-refractivity contribution in [1.82, 2.24) is 0 Å². The Labute approximate surface area is 166 Å². The molecule has 0 aromatic heterocycles. The van der Waals surface area contributed by atoms with Gasteiger partial charge in [-0.05, 0) is 19.8 Å². The van der Waals surface area contributed by atoms with E-state index in [0.717, 1.165) is 25.7 Å². The Morgan fingerprint density at radius 3 is 1.30 bits per heavy atom. The van der Waals surface area contributed by atoms with Crippen molar-refractivity contribution in [3.63, 3.8) is 0 Å². The number of cyclic esters (lactones) is 2. The van der Waals surface area contributed by atoms with Crippen LogP contribution in [0, 0.1) is 0 Å². The van der Waals surface area contributed by atoms with Crippen molar-refractivity contribution >= 4 is 11.9 Å². The number of carbonyl (C=O) groups excluding carboxylic acids is 2. The smallest absolute Gasteiger partial charge is 0.306 e. The van der Waals surface area contributed by atoms with Crippen molar-refractivity contribution in [2.75, 3.05) is 6.61 Å². The second-order valence-corrected chi connectivity index (χ2v) is 8.14. The van der Waals surface area contributed by atoms with E-state index in [1.807, 2.05) is 0 Å². The minimum atomic E-state index is -0.355. The Hall–Kier alpha value is -1.06. The molecule has 1 unspecified atom stereocenters. The Kier molecular flexibility index (Phi) is 15.2. The van der Waals surface area contributed by atoms with Crippen molar-refractivity contribution in [3.8, 4) is 0 Å². The summed E-state index contributed by atoms with van der Waals surface area (Å²) in [5, 5.41) is 0. The van der Waals surface area contributed by atoms with Gasteiger partial charge in [0.15, 0.2) is 0 Å². The van der Waals surface area contributed by atoms with E-state index in [9.17, 15) is 9.59 Å². The summed E-state index contributed by atoms with van der Waals surface area (Å²) >= 11 is 0. The molecule has 0 aromatic rings. The molecule has 4 heteroatoms. The summed E-state index contributed by atoms with van der Waals surface area (Å²) < 4.78 is 10.5. The van der Waals surface area contributed by atoms with E-state index in [2.05, 4.69) is 0 Å². The minimum Gasteiger partial charge on any atom is -0.462 e. The quantitative estimate of drug-likeness (QED) is 0.449. The molecule has 1 heterocycles. The van der Waals surface area contributed by atoms with Gasteiger partial charge in [-0.25, -0.2) is 0 Å². The Bertz CT molecular complexity index is 381. The predicted octanol–water partition coefficient (Wildman–Crippen LogP) is 6.50. The van der Waals surface area contributed by atoms with E-state index in [1.54, 1.807) is 6.92 Å². The van der Waals surface area contributed by atoms with Gasteiger partial charge in [0, 0.05) is 12.8 Å². The highest BCUT2D eigenvalue weighted by Crippen LogP contribution is 2.15. The fraction of sp³-hybridized carbons (Fsp3) is 0.913. The van der Waals surface area contributed by atoms with Crippen LogP contribution >= 0.6 is 0 Å². The zero-order valence-corrected chi connectivity index (χ0v) is 17.6. The van der Waals surface area contributed by atoms with Crippen LogP contribution < -0.4 is 0 Å². The van der Waals surface area contributed by atoms with Gasteiger partial charge in [0.1, 0.15) is 12.7 Å². The fourth-order valence-corrected chi connectivity index (χ4v) is 3.61. The maximum Gasteiger partial charge on any atom is 0.306 e. The summed E-state index contributed by atoms with van der Waals surface area (Å²) in [6, 6.07) is 0. The molecule has 1 aliphatic rings.